The molecule has 11 heteroatoms. The Kier molecular flexibility index (Phi) is 9.21. The molecule has 0 bridgehead atoms. The summed E-state index contributed by atoms with van der Waals surface area (Å²) in [6.07, 6.45) is 0.976. The van der Waals surface area contributed by atoms with Gasteiger partial charge in [0.2, 0.25) is 21.8 Å². The van der Waals surface area contributed by atoms with Crippen LogP contribution >= 0.6 is 34.8 Å². The number of halogens is 3. The molecule has 0 heterocycles. The summed E-state index contributed by atoms with van der Waals surface area (Å²) in [7, 11) is -3.87. The first-order valence-electron chi connectivity index (χ1n) is 9.67. The Morgan fingerprint density at radius 2 is 1.66 bits per heavy atom. The van der Waals surface area contributed by atoms with E-state index < -0.39 is 28.5 Å². The monoisotopic (exact) mass is 519 g/mol. The largest absolute Gasteiger partial charge is 0.355 e. The molecule has 0 saturated carbocycles. The lowest BCUT2D eigenvalue weighted by Crippen LogP contribution is -2.51. The van der Waals surface area contributed by atoms with Crippen molar-refractivity contribution in [1.29, 1.82) is 0 Å². The van der Waals surface area contributed by atoms with E-state index in [0.717, 1.165) is 10.6 Å². The number of rotatable bonds is 9. The van der Waals surface area contributed by atoms with Crippen LogP contribution in [0.4, 0.5) is 5.69 Å². The summed E-state index contributed by atoms with van der Waals surface area (Å²) >= 11 is 18.1. The van der Waals surface area contributed by atoms with Crippen LogP contribution in [0.1, 0.15) is 19.4 Å². The fourth-order valence-electron chi connectivity index (χ4n) is 3.03. The zero-order valence-electron chi connectivity index (χ0n) is 17.8. The number of anilines is 1. The normalized spacial score (nSPS) is 12.2. The molecule has 0 aromatic heterocycles. The SMILES string of the molecule is CCNC(=O)C(C)N(Cc1cccc(Cl)c1)C(=O)CN(c1cc(Cl)cc(Cl)c1)S(C)(=O)=O. The van der Waals surface area contributed by atoms with Gasteiger partial charge in [0.15, 0.2) is 0 Å². The third-order valence-corrected chi connectivity index (χ3v) is 6.39. The van der Waals surface area contributed by atoms with E-state index in [1.807, 2.05) is 0 Å². The van der Waals surface area contributed by atoms with Gasteiger partial charge in [0.1, 0.15) is 12.6 Å². The molecule has 0 radical (unpaired) electrons. The molecule has 2 amide bonds. The molecule has 0 fully saturated rings. The van der Waals surface area contributed by atoms with Gasteiger partial charge in [0.05, 0.1) is 11.9 Å². The number of nitrogens with zero attached hydrogens (tertiary/aromatic N) is 2. The molecule has 0 saturated heterocycles. The first kappa shape index (κ1) is 26.3. The number of carbonyl (C=O) groups excluding carboxylic acids is 2. The van der Waals surface area contributed by atoms with Gasteiger partial charge < -0.3 is 10.2 Å². The summed E-state index contributed by atoms with van der Waals surface area (Å²) in [6, 6.07) is 10.3. The minimum absolute atomic E-state index is 0.0611. The molecule has 1 unspecified atom stereocenters. The Balaban J connectivity index is 2.42. The predicted molar refractivity (Wildman–Crippen MR) is 129 cm³/mol. The van der Waals surface area contributed by atoms with Crippen LogP contribution in [0.5, 0.6) is 0 Å². The minimum atomic E-state index is -3.87. The van der Waals surface area contributed by atoms with E-state index in [9.17, 15) is 18.0 Å². The van der Waals surface area contributed by atoms with Crippen molar-refractivity contribution in [1.82, 2.24) is 10.2 Å². The molecule has 0 spiro atoms. The molecule has 32 heavy (non-hydrogen) atoms. The molecular formula is C21H24Cl3N3O4S. The molecule has 0 aliphatic rings. The quantitative estimate of drug-likeness (QED) is 0.542. The Bertz CT molecular complexity index is 1080. The van der Waals surface area contributed by atoms with Crippen LogP contribution in [-0.2, 0) is 26.2 Å². The first-order valence-corrected chi connectivity index (χ1v) is 12.7. The van der Waals surface area contributed by atoms with Crippen LogP contribution < -0.4 is 9.62 Å². The number of likely N-dealkylation sites (N-methyl/N-ethyl adjacent to an activating group) is 1. The van der Waals surface area contributed by atoms with Gasteiger partial charge in [-0.2, -0.15) is 0 Å². The lowest BCUT2D eigenvalue weighted by Gasteiger charge is -2.31. The minimum Gasteiger partial charge on any atom is -0.355 e. The van der Waals surface area contributed by atoms with Crippen molar-refractivity contribution in [3.05, 3.63) is 63.1 Å². The molecule has 2 aromatic carbocycles. The van der Waals surface area contributed by atoms with Gasteiger partial charge in [-0.1, -0.05) is 46.9 Å². The highest BCUT2D eigenvalue weighted by atomic mass is 35.5. The second kappa shape index (κ2) is 11.2. The highest BCUT2D eigenvalue weighted by molar-refractivity contribution is 7.92. The van der Waals surface area contributed by atoms with Gasteiger partial charge >= 0.3 is 0 Å². The molecular weight excluding hydrogens is 497 g/mol. The average Bonchev–Trinajstić information content (AvgIpc) is 2.68. The molecule has 2 rings (SSSR count). The number of nitrogens with one attached hydrogen (secondary N) is 1. The lowest BCUT2D eigenvalue weighted by atomic mass is 10.1. The molecule has 2 aromatic rings. The number of sulfonamides is 1. The lowest BCUT2D eigenvalue weighted by molar-refractivity contribution is -0.139. The Morgan fingerprint density at radius 1 is 1.03 bits per heavy atom. The fraction of sp³-hybridized carbons (Fsp3) is 0.333. The number of benzene rings is 2. The maximum Gasteiger partial charge on any atom is 0.244 e. The van der Waals surface area contributed by atoms with Gasteiger partial charge in [-0.25, -0.2) is 8.42 Å². The molecule has 1 atom stereocenters. The number of hydrogen-bond donors (Lipinski definition) is 1. The highest BCUT2D eigenvalue weighted by Gasteiger charge is 2.30. The van der Waals surface area contributed by atoms with Crippen LogP contribution in [0.2, 0.25) is 15.1 Å². The van der Waals surface area contributed by atoms with Crippen molar-refractivity contribution < 1.29 is 18.0 Å². The van der Waals surface area contributed by atoms with E-state index >= 15 is 0 Å². The van der Waals surface area contributed by atoms with Crippen LogP contribution in [0.3, 0.4) is 0 Å². The average molecular weight is 521 g/mol. The summed E-state index contributed by atoms with van der Waals surface area (Å²) in [5.74, 6) is -0.940. The summed E-state index contributed by atoms with van der Waals surface area (Å²) < 4.78 is 25.9. The summed E-state index contributed by atoms with van der Waals surface area (Å²) in [5.41, 5.74) is 0.838. The number of amides is 2. The van der Waals surface area contributed by atoms with Crippen LogP contribution in [0, 0.1) is 0 Å². The second-order valence-electron chi connectivity index (χ2n) is 7.12. The van der Waals surface area contributed by atoms with Crippen molar-refractivity contribution >= 4 is 62.3 Å². The third-order valence-electron chi connectivity index (χ3n) is 4.57. The van der Waals surface area contributed by atoms with Gasteiger partial charge in [-0.3, -0.25) is 13.9 Å². The van der Waals surface area contributed by atoms with Gasteiger partial charge in [-0.15, -0.1) is 0 Å². The van der Waals surface area contributed by atoms with Crippen LogP contribution in [0.15, 0.2) is 42.5 Å². The second-order valence-corrected chi connectivity index (χ2v) is 10.3. The van der Waals surface area contributed by atoms with E-state index in [-0.39, 0.29) is 28.2 Å². The predicted octanol–water partition coefficient (Wildman–Crippen LogP) is 3.97. The van der Waals surface area contributed by atoms with Crippen molar-refractivity contribution in [3.8, 4) is 0 Å². The number of carbonyl (C=O) groups is 2. The van der Waals surface area contributed by atoms with Crippen LogP contribution in [-0.4, -0.2) is 50.5 Å². The van der Waals surface area contributed by atoms with Crippen molar-refractivity contribution in [2.45, 2.75) is 26.4 Å². The van der Waals surface area contributed by atoms with Crippen molar-refractivity contribution in [2.75, 3.05) is 23.7 Å². The fourth-order valence-corrected chi connectivity index (χ4v) is 4.59. The van der Waals surface area contributed by atoms with E-state index in [2.05, 4.69) is 5.32 Å². The molecule has 174 valence electrons. The standard InChI is InChI=1S/C21H24Cl3N3O4S/c1-4-25-21(29)14(2)26(12-15-6-5-7-16(22)8-15)20(28)13-27(32(3,30)31)19-10-17(23)9-18(24)11-19/h5-11,14H,4,12-13H2,1-3H3,(H,25,29). The molecule has 0 aliphatic carbocycles. The first-order chi connectivity index (χ1) is 14.9. The highest BCUT2D eigenvalue weighted by Crippen LogP contribution is 2.27. The summed E-state index contributed by atoms with van der Waals surface area (Å²) in [4.78, 5) is 27.1. The third kappa shape index (κ3) is 7.27. The topological polar surface area (TPSA) is 86.8 Å². The van der Waals surface area contributed by atoms with E-state index in [1.54, 1.807) is 38.1 Å². The summed E-state index contributed by atoms with van der Waals surface area (Å²) in [6.45, 7) is 3.25. The van der Waals surface area contributed by atoms with E-state index in [1.165, 1.54) is 23.1 Å². The molecule has 1 N–H and O–H groups in total. The maximum absolute atomic E-state index is 13.3. The summed E-state index contributed by atoms with van der Waals surface area (Å²) in [5, 5.41) is 3.61. The Labute approximate surface area is 203 Å². The zero-order valence-corrected chi connectivity index (χ0v) is 20.9. The van der Waals surface area contributed by atoms with Crippen molar-refractivity contribution in [2.24, 2.45) is 0 Å². The van der Waals surface area contributed by atoms with Crippen LogP contribution in [0.25, 0.3) is 0 Å². The zero-order chi connectivity index (χ0) is 24.1. The van der Waals surface area contributed by atoms with Gasteiger partial charge in [0, 0.05) is 28.2 Å². The van der Waals surface area contributed by atoms with Crippen molar-refractivity contribution in [3.63, 3.8) is 0 Å². The maximum atomic E-state index is 13.3. The number of hydrogen-bond acceptors (Lipinski definition) is 4. The molecule has 0 aliphatic heterocycles. The smallest absolute Gasteiger partial charge is 0.244 e. The van der Waals surface area contributed by atoms with Gasteiger partial charge in [-0.05, 0) is 49.7 Å². The Morgan fingerprint density at radius 3 is 2.19 bits per heavy atom. The van der Waals surface area contributed by atoms with Gasteiger partial charge in [0.25, 0.3) is 0 Å². The Hall–Kier alpha value is -2.00. The van der Waals surface area contributed by atoms with E-state index in [0.29, 0.717) is 17.1 Å². The molecule has 7 nitrogen and oxygen atoms in total. The van der Waals surface area contributed by atoms with E-state index in [4.69, 9.17) is 34.8 Å².